The summed E-state index contributed by atoms with van der Waals surface area (Å²) in [4.78, 5) is 9.96. The van der Waals surface area contributed by atoms with Gasteiger partial charge in [-0.25, -0.2) is 11.6 Å². The number of carbonyl (C=O) groups is 1. The molecule has 8 heavy (non-hydrogen) atoms. The molecular formula is C5H8BOS. The summed E-state index contributed by atoms with van der Waals surface area (Å²) in [6, 6.07) is 0. The van der Waals surface area contributed by atoms with E-state index in [0.29, 0.717) is 5.75 Å². The van der Waals surface area contributed by atoms with Crippen LogP contribution in [0.15, 0.2) is 11.6 Å². The number of carbonyl (C=O) groups excluding carboxylic acids is 1. The highest BCUT2D eigenvalue weighted by Gasteiger charge is 1.79. The number of allylic oxidation sites excluding steroid dienone is 1. The fourth-order valence-corrected chi connectivity index (χ4v) is 0.587. The van der Waals surface area contributed by atoms with Crippen molar-refractivity contribution in [1.82, 2.24) is 0 Å². The van der Waals surface area contributed by atoms with Crippen LogP contribution < -0.4 is 0 Å². The minimum atomic E-state index is 0.716. The van der Waals surface area contributed by atoms with E-state index < -0.39 is 0 Å². The van der Waals surface area contributed by atoms with E-state index in [-0.39, 0.29) is 0 Å². The lowest BCUT2D eigenvalue weighted by Crippen LogP contribution is -1.77. The molecule has 0 saturated heterocycles. The van der Waals surface area contributed by atoms with Crippen molar-refractivity contribution in [3.8, 4) is 0 Å². The predicted octanol–water partition coefficient (Wildman–Crippen LogP) is 0.681. The van der Waals surface area contributed by atoms with Crippen LogP contribution in [-0.2, 0) is 4.79 Å². The van der Waals surface area contributed by atoms with E-state index in [2.05, 4.69) is 0 Å². The van der Waals surface area contributed by atoms with Crippen LogP contribution >= 0.6 is 11.6 Å². The first-order valence-electron chi connectivity index (χ1n) is 2.82. The minimum Gasteiger partial charge on any atom is -0.298 e. The van der Waals surface area contributed by atoms with E-state index in [0.717, 1.165) is 11.9 Å². The molecule has 0 atom stereocenters. The average Bonchev–Trinajstić information content (AvgIpc) is 1.89. The van der Waals surface area contributed by atoms with E-state index in [1.807, 2.05) is 0 Å². The molecule has 43 valence electrons. The molecule has 0 aliphatic heterocycles. The normalized spacial score (nSPS) is 12.6. The van der Waals surface area contributed by atoms with E-state index in [4.69, 9.17) is 1.34 Å². The molecule has 0 rings (SSSR count). The first-order valence-corrected chi connectivity index (χ1v) is 3.29. The third-order valence-electron chi connectivity index (χ3n) is 0.687. The summed E-state index contributed by atoms with van der Waals surface area (Å²) in [5, 5.41) is 0. The summed E-state index contributed by atoms with van der Waals surface area (Å²) in [5.41, 5.74) is 0.726. The Kier molecular flexibility index (Phi) is 3.70. The second-order valence-electron chi connectivity index (χ2n) is 1.40. The summed E-state index contributed by atoms with van der Waals surface area (Å²) in [5.74, 6) is 0.716. The standard InChI is InChI=1S/C5H8BOS/c1-5(4-7)2-3-8-6/h2,4,6H,3H2,1H3/b5-2+/i6T. The van der Waals surface area contributed by atoms with Gasteiger partial charge in [-0.1, -0.05) is 6.08 Å². The fraction of sp³-hybridized carbons (Fsp3) is 0.400. The van der Waals surface area contributed by atoms with Gasteiger partial charge < -0.3 is 0 Å². The highest BCUT2D eigenvalue weighted by Crippen LogP contribution is 1.93. The van der Waals surface area contributed by atoms with Gasteiger partial charge >= 0.3 is 0 Å². The largest absolute Gasteiger partial charge is 0.298 e. The molecule has 1 radical (unpaired) electrons. The van der Waals surface area contributed by atoms with Gasteiger partial charge in [-0.2, -0.15) is 0 Å². The number of hydrogen-bond acceptors (Lipinski definition) is 2. The summed E-state index contributed by atoms with van der Waals surface area (Å²) >= 11 is 1.36. The quantitative estimate of drug-likeness (QED) is 0.240. The van der Waals surface area contributed by atoms with Gasteiger partial charge in [-0.15, -0.1) is 0 Å². The number of hydrogen-bond donors (Lipinski definition) is 0. The maximum absolute atomic E-state index is 9.96. The van der Waals surface area contributed by atoms with Gasteiger partial charge in [0.15, 0.2) is 7.09 Å². The van der Waals surface area contributed by atoms with Gasteiger partial charge in [-0.05, 0) is 13.8 Å². The van der Waals surface area contributed by atoms with Crippen molar-refractivity contribution >= 4 is 25.0 Å². The van der Waals surface area contributed by atoms with E-state index in [9.17, 15) is 4.79 Å². The Bertz CT molecular complexity index is 116. The fourth-order valence-electron chi connectivity index (χ4n) is 0.228. The Morgan fingerprint density at radius 1 is 2.12 bits per heavy atom. The van der Waals surface area contributed by atoms with Crippen molar-refractivity contribution < 1.29 is 4.79 Å². The lowest BCUT2D eigenvalue weighted by molar-refractivity contribution is -0.104. The third-order valence-corrected chi connectivity index (χ3v) is 1.05. The van der Waals surface area contributed by atoms with Crippen LogP contribution in [0.1, 0.15) is 6.92 Å². The second kappa shape index (κ2) is 4.97. The highest BCUT2D eigenvalue weighted by molar-refractivity contribution is 8.19. The average molecular weight is 129 g/mol. The van der Waals surface area contributed by atoms with Crippen LogP contribution in [-0.4, -0.2) is 20.5 Å². The molecule has 0 aliphatic carbocycles. The van der Waals surface area contributed by atoms with Crippen molar-refractivity contribution in [3.63, 3.8) is 0 Å². The predicted molar refractivity (Wildman–Crippen MR) is 39.4 cm³/mol. The van der Waals surface area contributed by atoms with E-state index in [1.54, 1.807) is 13.0 Å². The van der Waals surface area contributed by atoms with Crippen LogP contribution in [0.2, 0.25) is 0 Å². The van der Waals surface area contributed by atoms with Crippen molar-refractivity contribution in [2.75, 3.05) is 5.75 Å². The summed E-state index contributed by atoms with van der Waals surface area (Å²) in [6.07, 6.45) is 2.60. The van der Waals surface area contributed by atoms with Gasteiger partial charge in [0, 0.05) is 5.75 Å². The Balaban J connectivity index is 3.31. The molecule has 1 nitrogen and oxygen atoms in total. The van der Waals surface area contributed by atoms with Gasteiger partial charge in [-0.3, -0.25) is 4.79 Å². The first-order chi connectivity index (χ1) is 4.31. The van der Waals surface area contributed by atoms with Crippen LogP contribution in [0.25, 0.3) is 0 Å². The van der Waals surface area contributed by atoms with Gasteiger partial charge in [0.2, 0.25) is 0 Å². The Morgan fingerprint density at radius 3 is 3.38 bits per heavy atom. The van der Waals surface area contributed by atoms with Crippen LogP contribution in [0.3, 0.4) is 0 Å². The maximum atomic E-state index is 9.96. The molecule has 0 aromatic heterocycles. The molecule has 0 amide bonds. The van der Waals surface area contributed by atoms with Crippen LogP contribution in [0.4, 0.5) is 0 Å². The van der Waals surface area contributed by atoms with Crippen molar-refractivity contribution in [1.29, 1.82) is 1.34 Å². The Labute approximate surface area is 56.2 Å². The molecule has 0 aliphatic rings. The molecule has 0 bridgehead atoms. The SMILES string of the molecule is [3H][B]SC/C=C(\C)C=O. The summed E-state index contributed by atoms with van der Waals surface area (Å²) < 4.78 is 6.62. The van der Waals surface area contributed by atoms with E-state index in [1.165, 1.54) is 18.7 Å². The molecule has 0 aromatic carbocycles. The minimum absolute atomic E-state index is 0.716. The second-order valence-corrected chi connectivity index (χ2v) is 2.07. The molecule has 0 N–H and O–H groups in total. The zero-order valence-electron chi connectivity index (χ0n) is 5.76. The summed E-state index contributed by atoms with van der Waals surface area (Å²) in [7, 11) is 1.26. The number of rotatable bonds is 4. The molecule has 0 heterocycles. The van der Waals surface area contributed by atoms with Crippen molar-refractivity contribution in [2.24, 2.45) is 0 Å². The lowest BCUT2D eigenvalue weighted by Gasteiger charge is -1.84. The lowest BCUT2D eigenvalue weighted by atomic mass is 10.3. The summed E-state index contributed by atoms with van der Waals surface area (Å²) in [6.45, 7) is 1.75. The Hall–Kier alpha value is -0.175. The maximum Gasteiger partial charge on any atom is 0.170 e. The van der Waals surface area contributed by atoms with Crippen molar-refractivity contribution in [3.05, 3.63) is 11.6 Å². The van der Waals surface area contributed by atoms with Crippen molar-refractivity contribution in [2.45, 2.75) is 6.92 Å². The molecular weight excluding hydrogens is 119 g/mol. The number of aldehydes is 1. The van der Waals surface area contributed by atoms with Gasteiger partial charge in [0.25, 0.3) is 0 Å². The van der Waals surface area contributed by atoms with Gasteiger partial charge in [0.1, 0.15) is 6.29 Å². The van der Waals surface area contributed by atoms with Gasteiger partial charge in [0.05, 0.1) is 0 Å². The molecule has 0 saturated carbocycles. The van der Waals surface area contributed by atoms with E-state index >= 15 is 0 Å². The Morgan fingerprint density at radius 2 is 2.88 bits per heavy atom. The molecule has 3 heteroatoms. The van der Waals surface area contributed by atoms with Crippen LogP contribution in [0, 0.1) is 0 Å². The zero-order valence-corrected chi connectivity index (χ0v) is 5.57. The monoisotopic (exact) mass is 129 g/mol. The van der Waals surface area contributed by atoms with Crippen LogP contribution in [0.5, 0.6) is 0 Å². The topological polar surface area (TPSA) is 17.1 Å². The molecule has 0 unspecified atom stereocenters. The zero-order chi connectivity index (χ0) is 7.11. The molecule has 0 aromatic rings. The molecule has 0 fully saturated rings. The highest BCUT2D eigenvalue weighted by atomic mass is 32.2. The third kappa shape index (κ3) is 4.00. The first kappa shape index (κ1) is 5.95. The smallest absolute Gasteiger partial charge is 0.170 e. The molecule has 0 spiro atoms.